The Morgan fingerprint density at radius 2 is 1.43 bits per heavy atom. The number of benzene rings is 3. The summed E-state index contributed by atoms with van der Waals surface area (Å²) in [7, 11) is -4.04. The molecular weight excluding hydrogens is 421 g/mol. The first-order valence-electron chi connectivity index (χ1n) is 8.14. The molecule has 0 fully saturated rings. The van der Waals surface area contributed by atoms with Crippen LogP contribution in [-0.4, -0.2) is 14.3 Å². The van der Waals surface area contributed by atoms with Crippen LogP contribution in [0.2, 0.25) is 10.0 Å². The molecule has 0 spiro atoms. The Kier molecular flexibility index (Phi) is 6.24. The summed E-state index contributed by atoms with van der Waals surface area (Å²) in [4.78, 5) is 12.5. The van der Waals surface area contributed by atoms with E-state index in [2.05, 4.69) is 0 Å². The molecule has 0 saturated heterocycles. The van der Waals surface area contributed by atoms with Gasteiger partial charge in [0, 0.05) is 10.0 Å². The predicted molar refractivity (Wildman–Crippen MR) is 108 cm³/mol. The number of para-hydroxylation sites is 1. The van der Waals surface area contributed by atoms with Crippen LogP contribution in [0.3, 0.4) is 0 Å². The molecule has 3 rings (SSSR count). The van der Waals surface area contributed by atoms with Crippen LogP contribution in [0.5, 0.6) is 5.75 Å². The van der Waals surface area contributed by atoms with Crippen LogP contribution in [0.25, 0.3) is 0 Å². The monoisotopic (exact) mass is 435 g/mol. The number of hydrogen-bond donors (Lipinski definition) is 1. The lowest BCUT2D eigenvalue weighted by molar-refractivity contribution is 0.0977. The quantitative estimate of drug-likeness (QED) is 0.609. The van der Waals surface area contributed by atoms with Crippen LogP contribution in [0.1, 0.15) is 15.9 Å². The van der Waals surface area contributed by atoms with Crippen molar-refractivity contribution in [3.8, 4) is 5.75 Å². The molecule has 0 saturated carbocycles. The molecule has 1 amide bonds. The SMILES string of the molecule is O=C(NS(=O)(=O)c1ccc(Cl)cc1)c1ccccc1OCc1ccc(Cl)cc1. The maximum Gasteiger partial charge on any atom is 0.268 e. The van der Waals surface area contributed by atoms with Crippen molar-refractivity contribution in [2.75, 3.05) is 0 Å². The Bertz CT molecular complexity index is 1080. The Labute approximate surface area is 172 Å². The molecule has 0 aliphatic heterocycles. The molecule has 0 bridgehead atoms. The summed E-state index contributed by atoms with van der Waals surface area (Å²) in [6, 6.07) is 19.0. The Morgan fingerprint density at radius 3 is 2.07 bits per heavy atom. The van der Waals surface area contributed by atoms with Gasteiger partial charge in [0.1, 0.15) is 12.4 Å². The fourth-order valence-corrected chi connectivity index (χ4v) is 3.59. The zero-order valence-corrected chi connectivity index (χ0v) is 16.8. The molecule has 3 aromatic carbocycles. The number of sulfonamides is 1. The first-order valence-corrected chi connectivity index (χ1v) is 10.4. The molecule has 144 valence electrons. The molecule has 0 unspecified atom stereocenters. The van der Waals surface area contributed by atoms with Gasteiger partial charge in [-0.1, -0.05) is 47.5 Å². The summed E-state index contributed by atoms with van der Waals surface area (Å²) in [6.07, 6.45) is 0. The molecule has 0 aromatic heterocycles. The molecule has 0 heterocycles. The van der Waals surface area contributed by atoms with E-state index in [1.807, 2.05) is 4.72 Å². The number of rotatable bonds is 6. The minimum atomic E-state index is -4.04. The van der Waals surface area contributed by atoms with E-state index in [-0.39, 0.29) is 22.8 Å². The van der Waals surface area contributed by atoms with Crippen molar-refractivity contribution >= 4 is 39.1 Å². The number of nitrogens with one attached hydrogen (secondary N) is 1. The van der Waals surface area contributed by atoms with Crippen LogP contribution in [0.15, 0.2) is 77.7 Å². The van der Waals surface area contributed by atoms with Gasteiger partial charge in [0.15, 0.2) is 0 Å². The first kappa shape index (κ1) is 20.2. The van der Waals surface area contributed by atoms with E-state index in [0.717, 1.165) is 5.56 Å². The molecule has 0 atom stereocenters. The normalized spacial score (nSPS) is 11.1. The van der Waals surface area contributed by atoms with Gasteiger partial charge in [-0.2, -0.15) is 0 Å². The standard InChI is InChI=1S/C20H15Cl2NO4S/c21-15-7-5-14(6-8-15)13-27-19-4-2-1-3-18(19)20(24)23-28(25,26)17-11-9-16(22)10-12-17/h1-12H,13H2,(H,23,24). The summed E-state index contributed by atoms with van der Waals surface area (Å²) < 4.78 is 32.6. The van der Waals surface area contributed by atoms with Gasteiger partial charge in [0.25, 0.3) is 15.9 Å². The minimum absolute atomic E-state index is 0.0650. The van der Waals surface area contributed by atoms with E-state index in [1.165, 1.54) is 30.3 Å². The molecule has 8 heteroatoms. The smallest absolute Gasteiger partial charge is 0.268 e. The third kappa shape index (κ3) is 5.04. The summed E-state index contributed by atoms with van der Waals surface area (Å²) in [5.41, 5.74) is 0.961. The average molecular weight is 436 g/mol. The lowest BCUT2D eigenvalue weighted by atomic mass is 10.2. The van der Waals surface area contributed by atoms with E-state index in [0.29, 0.717) is 10.0 Å². The molecular formula is C20H15Cl2NO4S. The number of amides is 1. The average Bonchev–Trinajstić information content (AvgIpc) is 2.68. The van der Waals surface area contributed by atoms with E-state index in [4.69, 9.17) is 27.9 Å². The van der Waals surface area contributed by atoms with Gasteiger partial charge < -0.3 is 4.74 Å². The van der Waals surface area contributed by atoms with E-state index < -0.39 is 15.9 Å². The van der Waals surface area contributed by atoms with E-state index in [9.17, 15) is 13.2 Å². The Morgan fingerprint density at radius 1 is 0.857 bits per heavy atom. The lowest BCUT2D eigenvalue weighted by Gasteiger charge is -2.12. The highest BCUT2D eigenvalue weighted by molar-refractivity contribution is 7.90. The fraction of sp³-hybridized carbons (Fsp3) is 0.0500. The highest BCUT2D eigenvalue weighted by Gasteiger charge is 2.21. The highest BCUT2D eigenvalue weighted by atomic mass is 35.5. The maximum absolute atomic E-state index is 12.6. The van der Waals surface area contributed by atoms with Gasteiger partial charge in [-0.3, -0.25) is 4.79 Å². The zero-order chi connectivity index (χ0) is 20.1. The zero-order valence-electron chi connectivity index (χ0n) is 14.4. The van der Waals surface area contributed by atoms with Crippen LogP contribution in [0.4, 0.5) is 0 Å². The second kappa shape index (κ2) is 8.65. The topological polar surface area (TPSA) is 72.5 Å². The van der Waals surface area contributed by atoms with Gasteiger partial charge in [-0.15, -0.1) is 0 Å². The summed E-state index contributed by atoms with van der Waals surface area (Å²) in [6.45, 7) is 0.200. The van der Waals surface area contributed by atoms with Crippen LogP contribution < -0.4 is 9.46 Å². The van der Waals surface area contributed by atoms with E-state index in [1.54, 1.807) is 42.5 Å². The first-order chi connectivity index (χ1) is 13.3. The summed E-state index contributed by atoms with van der Waals surface area (Å²) in [5.74, 6) is -0.525. The largest absolute Gasteiger partial charge is 0.488 e. The van der Waals surface area contributed by atoms with Crippen molar-refractivity contribution in [3.63, 3.8) is 0 Å². The molecule has 0 radical (unpaired) electrons. The number of halogens is 2. The van der Waals surface area contributed by atoms with Crippen molar-refractivity contribution in [1.82, 2.24) is 4.72 Å². The molecule has 0 aliphatic rings. The van der Waals surface area contributed by atoms with Crippen LogP contribution >= 0.6 is 23.2 Å². The third-order valence-corrected chi connectivity index (χ3v) is 5.64. The van der Waals surface area contributed by atoms with E-state index >= 15 is 0 Å². The maximum atomic E-state index is 12.6. The minimum Gasteiger partial charge on any atom is -0.488 e. The van der Waals surface area contributed by atoms with Gasteiger partial charge in [-0.05, 0) is 54.1 Å². The Hall–Kier alpha value is -2.54. The van der Waals surface area contributed by atoms with Crippen molar-refractivity contribution in [3.05, 3.63) is 94.0 Å². The van der Waals surface area contributed by atoms with Crippen molar-refractivity contribution in [1.29, 1.82) is 0 Å². The molecule has 0 aliphatic carbocycles. The summed E-state index contributed by atoms with van der Waals surface area (Å²) in [5, 5.41) is 1.00. The van der Waals surface area contributed by atoms with Gasteiger partial charge >= 0.3 is 0 Å². The van der Waals surface area contributed by atoms with Gasteiger partial charge in [0.05, 0.1) is 10.5 Å². The highest BCUT2D eigenvalue weighted by Crippen LogP contribution is 2.21. The van der Waals surface area contributed by atoms with Crippen LogP contribution in [0, 0.1) is 0 Å². The van der Waals surface area contributed by atoms with Gasteiger partial charge in [0.2, 0.25) is 0 Å². The number of hydrogen-bond acceptors (Lipinski definition) is 4. The number of carbonyl (C=O) groups is 1. The van der Waals surface area contributed by atoms with Crippen molar-refractivity contribution in [2.45, 2.75) is 11.5 Å². The lowest BCUT2D eigenvalue weighted by Crippen LogP contribution is -2.30. The molecule has 3 aromatic rings. The number of ether oxygens (including phenoxy) is 1. The summed E-state index contributed by atoms with van der Waals surface area (Å²) >= 11 is 11.6. The fourth-order valence-electron chi connectivity index (χ4n) is 2.37. The van der Waals surface area contributed by atoms with Crippen LogP contribution in [-0.2, 0) is 16.6 Å². The van der Waals surface area contributed by atoms with Crippen molar-refractivity contribution < 1.29 is 17.9 Å². The molecule has 1 N–H and O–H groups in total. The molecule has 28 heavy (non-hydrogen) atoms. The Balaban J connectivity index is 1.76. The van der Waals surface area contributed by atoms with Crippen molar-refractivity contribution in [2.24, 2.45) is 0 Å². The second-order valence-corrected chi connectivity index (χ2v) is 8.36. The van der Waals surface area contributed by atoms with Gasteiger partial charge in [-0.25, -0.2) is 13.1 Å². The molecule has 5 nitrogen and oxygen atoms in total. The third-order valence-electron chi connectivity index (χ3n) is 3.79. The predicted octanol–water partition coefficient (Wildman–Crippen LogP) is 4.69. The second-order valence-electron chi connectivity index (χ2n) is 5.80. The number of carbonyl (C=O) groups excluding carboxylic acids is 1.